The molecule has 0 saturated carbocycles. The first kappa shape index (κ1) is 16.0. The molecule has 0 aromatic heterocycles. The topological polar surface area (TPSA) is 104 Å². The molecule has 0 unspecified atom stereocenters. The zero-order valence-electron chi connectivity index (χ0n) is 10.4. The Kier molecular flexibility index (Phi) is 4.91. The van der Waals surface area contributed by atoms with Crippen molar-refractivity contribution in [3.63, 3.8) is 0 Å². The third-order valence-corrected chi connectivity index (χ3v) is 2.48. The number of aliphatic hydroxyl groups is 1. The Morgan fingerprint density at radius 1 is 1.14 bits per heavy atom. The van der Waals surface area contributed by atoms with Crippen LogP contribution in [0.2, 0.25) is 0 Å². The Bertz CT molecular complexity index is 686. The SMILES string of the molecule is N#CC(C#N)=C(C#N)Nc1cccc(C(F)(F)F)c1CO. The number of aliphatic hydroxyl groups excluding tert-OH is 1. The summed E-state index contributed by atoms with van der Waals surface area (Å²) in [6.07, 6.45) is -4.68. The normalized spacial score (nSPS) is 9.95. The van der Waals surface area contributed by atoms with E-state index in [1.165, 1.54) is 24.3 Å². The summed E-state index contributed by atoms with van der Waals surface area (Å²) in [5.74, 6) is 0. The van der Waals surface area contributed by atoms with Crippen LogP contribution in [0.5, 0.6) is 0 Å². The molecule has 0 bridgehead atoms. The first-order valence-corrected chi connectivity index (χ1v) is 5.40. The highest BCUT2D eigenvalue weighted by Crippen LogP contribution is 2.35. The largest absolute Gasteiger partial charge is 0.416 e. The number of rotatable bonds is 3. The predicted molar refractivity (Wildman–Crippen MR) is 64.9 cm³/mol. The number of nitrogens with zero attached hydrogens (tertiary/aromatic N) is 3. The second kappa shape index (κ2) is 6.42. The first-order chi connectivity index (χ1) is 9.88. The molecule has 2 N–H and O–H groups in total. The van der Waals surface area contributed by atoms with Crippen LogP contribution in [0, 0.1) is 34.0 Å². The van der Waals surface area contributed by atoms with Gasteiger partial charge in [-0.2, -0.15) is 29.0 Å². The van der Waals surface area contributed by atoms with Crippen LogP contribution < -0.4 is 5.32 Å². The molecule has 0 aliphatic rings. The molecule has 1 aromatic rings. The standard InChI is InChI=1S/C13H7F3N4O/c14-13(15,16)10-2-1-3-11(9(10)7-21)20-12(6-19)8(4-17)5-18/h1-3,20-21H,7H2. The molecule has 0 spiro atoms. The molecule has 106 valence electrons. The van der Waals surface area contributed by atoms with Gasteiger partial charge in [-0.25, -0.2) is 0 Å². The minimum absolute atomic E-state index is 0.202. The Labute approximate surface area is 117 Å². The van der Waals surface area contributed by atoms with Gasteiger partial charge >= 0.3 is 6.18 Å². The van der Waals surface area contributed by atoms with Gasteiger partial charge in [-0.15, -0.1) is 0 Å². The van der Waals surface area contributed by atoms with Crippen molar-refractivity contribution < 1.29 is 18.3 Å². The number of halogens is 3. The van der Waals surface area contributed by atoms with Gasteiger partial charge in [0.05, 0.1) is 12.2 Å². The number of hydrogen-bond donors (Lipinski definition) is 2. The molecule has 5 nitrogen and oxygen atoms in total. The first-order valence-electron chi connectivity index (χ1n) is 5.40. The summed E-state index contributed by atoms with van der Waals surface area (Å²) in [5, 5.41) is 37.6. The Morgan fingerprint density at radius 2 is 1.76 bits per heavy atom. The van der Waals surface area contributed by atoms with Crippen molar-refractivity contribution in [1.29, 1.82) is 15.8 Å². The maximum absolute atomic E-state index is 12.8. The summed E-state index contributed by atoms with van der Waals surface area (Å²) in [6.45, 7) is -0.925. The zero-order valence-corrected chi connectivity index (χ0v) is 10.4. The lowest BCUT2D eigenvalue weighted by Crippen LogP contribution is -2.12. The van der Waals surface area contributed by atoms with Crippen LogP contribution in [-0.2, 0) is 12.8 Å². The van der Waals surface area contributed by atoms with Crippen molar-refractivity contribution in [1.82, 2.24) is 0 Å². The van der Waals surface area contributed by atoms with Crippen molar-refractivity contribution >= 4 is 5.69 Å². The second-order valence-electron chi connectivity index (χ2n) is 3.70. The molecule has 21 heavy (non-hydrogen) atoms. The van der Waals surface area contributed by atoms with E-state index in [1.807, 2.05) is 0 Å². The van der Waals surface area contributed by atoms with Crippen LogP contribution in [0.1, 0.15) is 11.1 Å². The molecule has 1 rings (SSSR count). The van der Waals surface area contributed by atoms with Gasteiger partial charge in [0.25, 0.3) is 0 Å². The van der Waals surface area contributed by atoms with E-state index in [2.05, 4.69) is 5.32 Å². The van der Waals surface area contributed by atoms with Gasteiger partial charge in [0.1, 0.15) is 23.9 Å². The van der Waals surface area contributed by atoms with Crippen molar-refractivity contribution in [3.8, 4) is 18.2 Å². The van der Waals surface area contributed by atoms with Gasteiger partial charge < -0.3 is 10.4 Å². The van der Waals surface area contributed by atoms with Crippen LogP contribution in [0.25, 0.3) is 0 Å². The molecular weight excluding hydrogens is 285 g/mol. The van der Waals surface area contributed by atoms with Crippen LogP contribution in [0.4, 0.5) is 18.9 Å². The summed E-state index contributed by atoms with van der Waals surface area (Å²) in [6, 6.07) is 7.49. The molecule has 0 aliphatic carbocycles. The van der Waals surface area contributed by atoms with Crippen molar-refractivity contribution in [2.45, 2.75) is 12.8 Å². The summed E-state index contributed by atoms with van der Waals surface area (Å²) >= 11 is 0. The van der Waals surface area contributed by atoms with Crippen molar-refractivity contribution in [2.24, 2.45) is 0 Å². The van der Waals surface area contributed by atoms with E-state index >= 15 is 0 Å². The van der Waals surface area contributed by atoms with Gasteiger partial charge in [0.15, 0.2) is 5.57 Å². The van der Waals surface area contributed by atoms with Gasteiger partial charge in [-0.1, -0.05) is 6.07 Å². The van der Waals surface area contributed by atoms with E-state index in [-0.39, 0.29) is 5.69 Å². The number of allylic oxidation sites excluding steroid dienone is 2. The highest BCUT2D eigenvalue weighted by molar-refractivity contribution is 5.63. The highest BCUT2D eigenvalue weighted by Gasteiger charge is 2.34. The highest BCUT2D eigenvalue weighted by atomic mass is 19.4. The third kappa shape index (κ3) is 3.50. The van der Waals surface area contributed by atoms with Crippen LogP contribution in [-0.4, -0.2) is 5.11 Å². The molecule has 0 radical (unpaired) electrons. The molecule has 0 atom stereocenters. The fourth-order valence-corrected chi connectivity index (χ4v) is 1.56. The van der Waals surface area contributed by atoms with Gasteiger partial charge in [0, 0.05) is 11.3 Å². The van der Waals surface area contributed by atoms with E-state index in [1.54, 1.807) is 0 Å². The molecule has 1 aromatic carbocycles. The number of anilines is 1. The Hall–Kier alpha value is -3.02. The lowest BCUT2D eigenvalue weighted by atomic mass is 10.0. The fraction of sp³-hybridized carbons (Fsp3) is 0.154. The zero-order chi connectivity index (χ0) is 16.0. The molecule has 0 amide bonds. The minimum Gasteiger partial charge on any atom is -0.392 e. The Morgan fingerprint density at radius 3 is 2.19 bits per heavy atom. The van der Waals surface area contributed by atoms with E-state index in [0.717, 1.165) is 12.1 Å². The summed E-state index contributed by atoms with van der Waals surface area (Å²) < 4.78 is 38.4. The number of alkyl halides is 3. The minimum atomic E-state index is -4.68. The maximum Gasteiger partial charge on any atom is 0.416 e. The molecule has 0 aliphatic heterocycles. The van der Waals surface area contributed by atoms with Crippen molar-refractivity contribution in [3.05, 3.63) is 40.6 Å². The number of benzene rings is 1. The van der Waals surface area contributed by atoms with Crippen LogP contribution >= 0.6 is 0 Å². The lowest BCUT2D eigenvalue weighted by Gasteiger charge is -2.16. The third-order valence-electron chi connectivity index (χ3n) is 2.48. The molecule has 0 saturated heterocycles. The summed E-state index contributed by atoms with van der Waals surface area (Å²) in [5.41, 5.74) is -2.81. The van der Waals surface area contributed by atoms with Gasteiger partial charge in [-0.05, 0) is 12.1 Å². The lowest BCUT2D eigenvalue weighted by molar-refractivity contribution is -0.138. The molecular formula is C13H7F3N4O. The van der Waals surface area contributed by atoms with Crippen LogP contribution in [0.3, 0.4) is 0 Å². The van der Waals surface area contributed by atoms with Gasteiger partial charge in [0.2, 0.25) is 0 Å². The molecule has 8 heteroatoms. The molecule has 0 fully saturated rings. The fourth-order valence-electron chi connectivity index (χ4n) is 1.56. The Balaban J connectivity index is 3.42. The van der Waals surface area contributed by atoms with E-state index in [9.17, 15) is 13.2 Å². The number of hydrogen-bond acceptors (Lipinski definition) is 5. The maximum atomic E-state index is 12.8. The average molecular weight is 292 g/mol. The summed E-state index contributed by atoms with van der Waals surface area (Å²) in [7, 11) is 0. The monoisotopic (exact) mass is 292 g/mol. The van der Waals surface area contributed by atoms with Gasteiger partial charge in [-0.3, -0.25) is 0 Å². The van der Waals surface area contributed by atoms with E-state index in [4.69, 9.17) is 20.9 Å². The predicted octanol–water partition coefficient (Wildman–Crippen LogP) is 2.43. The smallest absolute Gasteiger partial charge is 0.392 e. The van der Waals surface area contributed by atoms with Crippen LogP contribution in [0.15, 0.2) is 29.5 Å². The van der Waals surface area contributed by atoms with E-state index < -0.39 is 35.2 Å². The number of nitrogens with one attached hydrogen (secondary N) is 1. The quantitative estimate of drug-likeness (QED) is 0.833. The van der Waals surface area contributed by atoms with E-state index in [0.29, 0.717) is 0 Å². The average Bonchev–Trinajstić information content (AvgIpc) is 2.46. The summed E-state index contributed by atoms with van der Waals surface area (Å²) in [4.78, 5) is 0. The van der Waals surface area contributed by atoms with Crippen molar-refractivity contribution in [2.75, 3.05) is 5.32 Å². The molecule has 0 heterocycles. The second-order valence-corrected chi connectivity index (χ2v) is 3.70. The number of nitriles is 3.